The molecule has 5 heteroatoms. The van der Waals surface area contributed by atoms with Crippen molar-refractivity contribution in [1.29, 1.82) is 0 Å². The van der Waals surface area contributed by atoms with Crippen LogP contribution in [0, 0.1) is 11.8 Å². The highest BCUT2D eigenvalue weighted by molar-refractivity contribution is 5.71. The second-order valence-electron chi connectivity index (χ2n) is 6.33. The van der Waals surface area contributed by atoms with Gasteiger partial charge in [-0.05, 0) is 39.5 Å². The summed E-state index contributed by atoms with van der Waals surface area (Å²) in [6.07, 6.45) is 3.25. The maximum Gasteiger partial charge on any atom is 0.407 e. The highest BCUT2D eigenvalue weighted by Crippen LogP contribution is 2.30. The first-order valence-electron chi connectivity index (χ1n) is 6.93. The second kappa shape index (κ2) is 6.26. The van der Waals surface area contributed by atoms with E-state index in [0.29, 0.717) is 0 Å². The van der Waals surface area contributed by atoms with Crippen LogP contribution >= 0.6 is 0 Å². The minimum atomic E-state index is -0.803. The van der Waals surface area contributed by atoms with E-state index in [2.05, 4.69) is 5.32 Å². The largest absolute Gasteiger partial charge is 0.481 e. The zero-order chi connectivity index (χ0) is 14.6. The standard InChI is InChI=1S/C14H25NO4/c1-9(12(16)17)10-7-5-6-8-11(10)15-13(18)19-14(2,3)4/h9-11H,5-8H2,1-4H3,(H,15,18)(H,16,17)/t9-,10-,11-/m0/s1. The van der Waals surface area contributed by atoms with Crippen LogP contribution in [0.1, 0.15) is 53.4 Å². The molecule has 2 N–H and O–H groups in total. The van der Waals surface area contributed by atoms with Crippen molar-refractivity contribution in [3.05, 3.63) is 0 Å². The van der Waals surface area contributed by atoms with E-state index in [-0.39, 0.29) is 12.0 Å². The van der Waals surface area contributed by atoms with Gasteiger partial charge in [0.2, 0.25) is 0 Å². The van der Waals surface area contributed by atoms with Crippen LogP contribution in [0.5, 0.6) is 0 Å². The van der Waals surface area contributed by atoms with E-state index in [9.17, 15) is 9.59 Å². The predicted molar refractivity (Wildman–Crippen MR) is 71.9 cm³/mol. The molecular formula is C14H25NO4. The van der Waals surface area contributed by atoms with Crippen LogP contribution in [0.25, 0.3) is 0 Å². The Morgan fingerprint density at radius 2 is 1.84 bits per heavy atom. The lowest BCUT2D eigenvalue weighted by Gasteiger charge is -2.35. The van der Waals surface area contributed by atoms with Gasteiger partial charge in [-0.25, -0.2) is 4.79 Å². The minimum absolute atomic E-state index is 0.0150. The molecule has 0 saturated heterocycles. The first kappa shape index (κ1) is 15.8. The minimum Gasteiger partial charge on any atom is -0.481 e. The monoisotopic (exact) mass is 271 g/mol. The fourth-order valence-electron chi connectivity index (χ4n) is 2.58. The molecule has 110 valence electrons. The van der Waals surface area contributed by atoms with Crippen molar-refractivity contribution >= 4 is 12.1 Å². The van der Waals surface area contributed by atoms with Crippen molar-refractivity contribution in [3.8, 4) is 0 Å². The molecule has 1 fully saturated rings. The maximum absolute atomic E-state index is 11.8. The van der Waals surface area contributed by atoms with E-state index < -0.39 is 23.6 Å². The molecule has 0 unspecified atom stereocenters. The number of alkyl carbamates (subject to hydrolysis) is 1. The van der Waals surface area contributed by atoms with Crippen LogP contribution in [0.2, 0.25) is 0 Å². The van der Waals surface area contributed by atoms with Crippen LogP contribution in [0.15, 0.2) is 0 Å². The number of amides is 1. The van der Waals surface area contributed by atoms with Gasteiger partial charge in [0.05, 0.1) is 5.92 Å². The molecule has 3 atom stereocenters. The van der Waals surface area contributed by atoms with Gasteiger partial charge >= 0.3 is 12.1 Å². The summed E-state index contributed by atoms with van der Waals surface area (Å²) in [5.74, 6) is -1.26. The molecule has 5 nitrogen and oxygen atoms in total. The summed E-state index contributed by atoms with van der Waals surface area (Å²) in [6, 6.07) is -0.102. The average molecular weight is 271 g/mol. The Labute approximate surface area is 114 Å². The molecule has 0 heterocycles. The van der Waals surface area contributed by atoms with Gasteiger partial charge in [-0.2, -0.15) is 0 Å². The van der Waals surface area contributed by atoms with Gasteiger partial charge < -0.3 is 15.2 Å². The lowest BCUT2D eigenvalue weighted by molar-refractivity contribution is -0.143. The van der Waals surface area contributed by atoms with Crippen LogP contribution in [0.4, 0.5) is 4.79 Å². The van der Waals surface area contributed by atoms with Crippen molar-refractivity contribution in [2.75, 3.05) is 0 Å². The third-order valence-electron chi connectivity index (χ3n) is 3.55. The highest BCUT2D eigenvalue weighted by atomic mass is 16.6. The number of rotatable bonds is 3. The van der Waals surface area contributed by atoms with Gasteiger partial charge in [-0.3, -0.25) is 4.79 Å². The number of hydrogen-bond acceptors (Lipinski definition) is 3. The maximum atomic E-state index is 11.8. The van der Waals surface area contributed by atoms with Crippen molar-refractivity contribution < 1.29 is 19.4 Å². The normalized spacial score (nSPS) is 25.5. The zero-order valence-corrected chi connectivity index (χ0v) is 12.2. The molecule has 0 aromatic carbocycles. The van der Waals surface area contributed by atoms with Gasteiger partial charge in [0.25, 0.3) is 0 Å². The summed E-state index contributed by atoms with van der Waals surface area (Å²) in [7, 11) is 0. The fraction of sp³-hybridized carbons (Fsp3) is 0.857. The molecule has 0 bridgehead atoms. The first-order valence-corrected chi connectivity index (χ1v) is 6.93. The first-order chi connectivity index (χ1) is 8.70. The van der Waals surface area contributed by atoms with Crippen LogP contribution in [-0.2, 0) is 9.53 Å². The summed E-state index contributed by atoms with van der Waals surface area (Å²) in [5, 5.41) is 12.0. The van der Waals surface area contributed by atoms with Crippen molar-refractivity contribution in [2.24, 2.45) is 11.8 Å². The molecule has 1 amide bonds. The van der Waals surface area contributed by atoms with Gasteiger partial charge in [-0.1, -0.05) is 19.8 Å². The Morgan fingerprint density at radius 3 is 2.37 bits per heavy atom. The van der Waals surface area contributed by atoms with Gasteiger partial charge in [0.15, 0.2) is 0 Å². The molecule has 0 aromatic heterocycles. The van der Waals surface area contributed by atoms with Gasteiger partial charge in [0.1, 0.15) is 5.60 Å². The number of hydrogen-bond donors (Lipinski definition) is 2. The average Bonchev–Trinajstić information content (AvgIpc) is 2.26. The Kier molecular flexibility index (Phi) is 5.20. The molecule has 0 aromatic rings. The van der Waals surface area contributed by atoms with Crippen molar-refractivity contribution in [1.82, 2.24) is 5.32 Å². The summed E-state index contributed by atoms with van der Waals surface area (Å²) in [5.41, 5.74) is -0.535. The number of carbonyl (C=O) groups is 2. The lowest BCUT2D eigenvalue weighted by atomic mass is 9.77. The third-order valence-corrected chi connectivity index (χ3v) is 3.55. The molecule has 1 saturated carbocycles. The van der Waals surface area contributed by atoms with Crippen LogP contribution in [0.3, 0.4) is 0 Å². The number of carboxylic acid groups (broad SMARTS) is 1. The number of ether oxygens (including phenoxy) is 1. The third kappa shape index (κ3) is 5.09. The molecule has 0 spiro atoms. The number of nitrogens with one attached hydrogen (secondary N) is 1. The molecule has 0 aliphatic heterocycles. The fourth-order valence-corrected chi connectivity index (χ4v) is 2.58. The number of carboxylic acids is 1. The Bertz CT molecular complexity index is 335. The number of aliphatic carboxylic acids is 1. The van der Waals surface area contributed by atoms with Gasteiger partial charge in [-0.15, -0.1) is 0 Å². The predicted octanol–water partition coefficient (Wildman–Crippen LogP) is 2.79. The molecule has 0 radical (unpaired) electrons. The lowest BCUT2D eigenvalue weighted by Crippen LogP contribution is -2.47. The molecule has 1 rings (SSSR count). The highest BCUT2D eigenvalue weighted by Gasteiger charge is 2.34. The van der Waals surface area contributed by atoms with Crippen LogP contribution < -0.4 is 5.32 Å². The number of carbonyl (C=O) groups excluding carboxylic acids is 1. The zero-order valence-electron chi connectivity index (χ0n) is 12.2. The molecular weight excluding hydrogens is 246 g/mol. The summed E-state index contributed by atoms with van der Waals surface area (Å²) in [6.45, 7) is 7.14. The molecule has 1 aliphatic rings. The van der Waals surface area contributed by atoms with E-state index in [1.165, 1.54) is 0 Å². The van der Waals surface area contributed by atoms with Crippen LogP contribution in [-0.4, -0.2) is 28.8 Å². The van der Waals surface area contributed by atoms with E-state index in [1.807, 2.05) is 20.8 Å². The summed E-state index contributed by atoms with van der Waals surface area (Å²) < 4.78 is 5.23. The van der Waals surface area contributed by atoms with E-state index in [0.717, 1.165) is 25.7 Å². The summed E-state index contributed by atoms with van der Waals surface area (Å²) in [4.78, 5) is 22.9. The van der Waals surface area contributed by atoms with Crippen molar-refractivity contribution in [2.45, 2.75) is 65.0 Å². The Morgan fingerprint density at radius 1 is 1.26 bits per heavy atom. The van der Waals surface area contributed by atoms with E-state index >= 15 is 0 Å². The quantitative estimate of drug-likeness (QED) is 0.827. The Balaban J connectivity index is 2.62. The molecule has 19 heavy (non-hydrogen) atoms. The smallest absolute Gasteiger partial charge is 0.407 e. The Hall–Kier alpha value is -1.26. The summed E-state index contributed by atoms with van der Waals surface area (Å²) >= 11 is 0. The van der Waals surface area contributed by atoms with Gasteiger partial charge in [0, 0.05) is 6.04 Å². The van der Waals surface area contributed by atoms with Crippen molar-refractivity contribution in [3.63, 3.8) is 0 Å². The molecule has 1 aliphatic carbocycles. The van der Waals surface area contributed by atoms with E-state index in [4.69, 9.17) is 9.84 Å². The second-order valence-corrected chi connectivity index (χ2v) is 6.33. The SMILES string of the molecule is C[C@H](C(=O)O)[C@@H]1CCCC[C@@H]1NC(=O)OC(C)(C)C. The topological polar surface area (TPSA) is 75.6 Å². The van der Waals surface area contributed by atoms with E-state index in [1.54, 1.807) is 6.92 Å².